The highest BCUT2D eigenvalue weighted by molar-refractivity contribution is 6.39. The molecular weight excluding hydrogens is 152 g/mol. The normalized spacial score (nSPS) is 11.8. The zero-order valence-corrected chi connectivity index (χ0v) is 7.92. The van der Waals surface area contributed by atoms with Gasteiger partial charge in [0, 0.05) is 12.6 Å². The highest BCUT2D eigenvalue weighted by atomic mass is 16.1. The molecule has 0 bridgehead atoms. The molecule has 12 heavy (non-hydrogen) atoms. The predicted octanol–water partition coefficient (Wildman–Crippen LogP) is 1.71. The van der Waals surface area contributed by atoms with Gasteiger partial charge >= 0.3 is 0 Å². The van der Waals surface area contributed by atoms with Gasteiger partial charge in [-0.25, -0.2) is 0 Å². The molecule has 0 rings (SSSR count). The minimum absolute atomic E-state index is 0.0897. The van der Waals surface area contributed by atoms with Crippen LogP contribution in [0.1, 0.15) is 27.2 Å². The number of ketones is 1. The molecule has 0 aliphatic rings. The lowest BCUT2D eigenvalue weighted by atomic mass is 10.0. The molecule has 0 atom stereocenters. The van der Waals surface area contributed by atoms with E-state index in [9.17, 15) is 4.79 Å². The van der Waals surface area contributed by atoms with Gasteiger partial charge in [0.05, 0.1) is 12.3 Å². The van der Waals surface area contributed by atoms with Crippen LogP contribution in [-0.4, -0.2) is 24.3 Å². The molecule has 3 nitrogen and oxygen atoms in total. The summed E-state index contributed by atoms with van der Waals surface area (Å²) in [5, 5.41) is 6.74. The number of aliphatic imine (C=N–C) groups is 1. The summed E-state index contributed by atoms with van der Waals surface area (Å²) < 4.78 is 0. The molecule has 3 heteroatoms. The lowest BCUT2D eigenvalue weighted by Gasteiger charge is -2.02. The molecule has 0 spiro atoms. The van der Waals surface area contributed by atoms with Crippen LogP contribution in [0, 0.1) is 11.3 Å². The molecule has 0 saturated heterocycles. The van der Waals surface area contributed by atoms with Crippen LogP contribution in [0.2, 0.25) is 0 Å². The number of Topliss-reactive ketones (excluding diaryl/α,β-unsaturated/α-hetero) is 1. The van der Waals surface area contributed by atoms with Crippen molar-refractivity contribution >= 4 is 17.7 Å². The molecule has 0 aromatic rings. The van der Waals surface area contributed by atoms with Crippen molar-refractivity contribution in [1.29, 1.82) is 5.41 Å². The van der Waals surface area contributed by atoms with Gasteiger partial charge in [-0.2, -0.15) is 0 Å². The Kier molecular flexibility index (Phi) is 5.17. The summed E-state index contributed by atoms with van der Waals surface area (Å²) in [6.45, 7) is 6.02. The molecule has 0 aliphatic carbocycles. The summed E-state index contributed by atoms with van der Waals surface area (Å²) in [7, 11) is 0. The van der Waals surface area contributed by atoms with Gasteiger partial charge < -0.3 is 5.41 Å². The minimum atomic E-state index is 0.0897. The van der Waals surface area contributed by atoms with E-state index < -0.39 is 0 Å². The number of hydrogen-bond donors (Lipinski definition) is 1. The summed E-state index contributed by atoms with van der Waals surface area (Å²) in [4.78, 5) is 15.2. The van der Waals surface area contributed by atoms with Crippen LogP contribution < -0.4 is 0 Å². The van der Waals surface area contributed by atoms with E-state index >= 15 is 0 Å². The third-order valence-corrected chi connectivity index (χ3v) is 1.42. The smallest absolute Gasteiger partial charge is 0.176 e. The first-order valence-electron chi connectivity index (χ1n) is 4.11. The van der Waals surface area contributed by atoms with Gasteiger partial charge in [-0.3, -0.25) is 9.79 Å². The molecular formula is C9H16N2O. The van der Waals surface area contributed by atoms with Crippen molar-refractivity contribution in [2.75, 3.05) is 6.54 Å². The van der Waals surface area contributed by atoms with E-state index in [-0.39, 0.29) is 5.78 Å². The number of hydrogen-bond acceptors (Lipinski definition) is 3. The van der Waals surface area contributed by atoms with E-state index in [1.54, 1.807) is 6.92 Å². The number of nitrogens with one attached hydrogen (secondary N) is 1. The summed E-state index contributed by atoms with van der Waals surface area (Å²) >= 11 is 0. The Balaban J connectivity index is 4.00. The summed E-state index contributed by atoms with van der Waals surface area (Å²) in [5.41, 5.74) is 0.534. The molecule has 0 aromatic carbocycles. The lowest BCUT2D eigenvalue weighted by molar-refractivity contribution is -0.113. The second-order valence-electron chi connectivity index (χ2n) is 3.15. The first kappa shape index (κ1) is 11.0. The Bertz CT molecular complexity index is 195. The Morgan fingerprint density at radius 2 is 2.17 bits per heavy atom. The van der Waals surface area contributed by atoms with Crippen molar-refractivity contribution in [3.63, 3.8) is 0 Å². The van der Waals surface area contributed by atoms with Gasteiger partial charge in [0.2, 0.25) is 0 Å². The first-order chi connectivity index (χ1) is 5.57. The SMILES string of the molecule is CC(=NCC=N)C(=O)CC(C)C. The van der Waals surface area contributed by atoms with Crippen molar-refractivity contribution in [1.82, 2.24) is 0 Å². The summed E-state index contributed by atoms with van der Waals surface area (Å²) in [5.74, 6) is 0.467. The quantitative estimate of drug-likeness (QED) is 0.624. The van der Waals surface area contributed by atoms with Gasteiger partial charge in [0.15, 0.2) is 5.78 Å². The summed E-state index contributed by atoms with van der Waals surface area (Å²) in [6.07, 6.45) is 1.74. The fourth-order valence-electron chi connectivity index (χ4n) is 0.789. The predicted molar refractivity (Wildman–Crippen MR) is 51.2 cm³/mol. The second-order valence-corrected chi connectivity index (χ2v) is 3.15. The molecule has 68 valence electrons. The van der Waals surface area contributed by atoms with Crippen LogP contribution in [0.15, 0.2) is 4.99 Å². The van der Waals surface area contributed by atoms with E-state index in [1.165, 1.54) is 6.21 Å². The van der Waals surface area contributed by atoms with Gasteiger partial charge in [-0.15, -0.1) is 0 Å². The third-order valence-electron chi connectivity index (χ3n) is 1.42. The second kappa shape index (κ2) is 5.63. The average Bonchev–Trinajstić information content (AvgIpc) is 1.98. The van der Waals surface area contributed by atoms with Crippen LogP contribution >= 0.6 is 0 Å². The lowest BCUT2D eigenvalue weighted by Crippen LogP contribution is -2.13. The number of rotatable bonds is 5. The maximum absolute atomic E-state index is 11.3. The first-order valence-corrected chi connectivity index (χ1v) is 4.11. The van der Waals surface area contributed by atoms with E-state index in [0.29, 0.717) is 24.6 Å². The molecule has 0 saturated carbocycles. The molecule has 0 aromatic heterocycles. The van der Waals surface area contributed by atoms with E-state index in [4.69, 9.17) is 5.41 Å². The molecule has 0 amide bonds. The highest BCUT2D eigenvalue weighted by Crippen LogP contribution is 2.01. The largest absolute Gasteiger partial charge is 0.311 e. The average molecular weight is 168 g/mol. The maximum Gasteiger partial charge on any atom is 0.176 e. The summed E-state index contributed by atoms with van der Waals surface area (Å²) in [6, 6.07) is 0. The van der Waals surface area contributed by atoms with Crippen molar-refractivity contribution in [2.24, 2.45) is 10.9 Å². The van der Waals surface area contributed by atoms with Gasteiger partial charge in [-0.05, 0) is 12.8 Å². The number of carbonyl (C=O) groups is 1. The zero-order valence-electron chi connectivity index (χ0n) is 7.92. The number of nitrogens with zero attached hydrogens (tertiary/aromatic N) is 1. The monoisotopic (exact) mass is 168 g/mol. The van der Waals surface area contributed by atoms with Gasteiger partial charge in [-0.1, -0.05) is 13.8 Å². The maximum atomic E-state index is 11.3. The van der Waals surface area contributed by atoms with Crippen LogP contribution in [0.4, 0.5) is 0 Å². The Morgan fingerprint density at radius 3 is 2.58 bits per heavy atom. The van der Waals surface area contributed by atoms with Crippen molar-refractivity contribution in [3.05, 3.63) is 0 Å². The highest BCUT2D eigenvalue weighted by Gasteiger charge is 2.07. The topological polar surface area (TPSA) is 53.3 Å². The van der Waals surface area contributed by atoms with Crippen molar-refractivity contribution < 1.29 is 4.79 Å². The molecule has 0 aliphatic heterocycles. The molecule has 0 unspecified atom stereocenters. The Labute approximate surface area is 73.4 Å². The van der Waals surface area contributed by atoms with Gasteiger partial charge in [0.1, 0.15) is 0 Å². The molecule has 1 N–H and O–H groups in total. The minimum Gasteiger partial charge on any atom is -0.311 e. The zero-order chi connectivity index (χ0) is 9.56. The van der Waals surface area contributed by atoms with Crippen LogP contribution in [0.25, 0.3) is 0 Å². The molecule has 0 fully saturated rings. The van der Waals surface area contributed by atoms with Crippen LogP contribution in [0.5, 0.6) is 0 Å². The molecule has 0 heterocycles. The van der Waals surface area contributed by atoms with E-state index in [1.807, 2.05) is 13.8 Å². The van der Waals surface area contributed by atoms with Gasteiger partial charge in [0.25, 0.3) is 0 Å². The van der Waals surface area contributed by atoms with Crippen molar-refractivity contribution in [2.45, 2.75) is 27.2 Å². The fourth-order valence-corrected chi connectivity index (χ4v) is 0.789. The third kappa shape index (κ3) is 4.77. The standard InChI is InChI=1S/C9H16N2O/c1-7(2)6-9(12)8(3)11-5-4-10/h4,7,10H,5-6H2,1-3H3. The van der Waals surface area contributed by atoms with E-state index in [2.05, 4.69) is 4.99 Å². The molecule has 0 radical (unpaired) electrons. The van der Waals surface area contributed by atoms with Crippen molar-refractivity contribution in [3.8, 4) is 0 Å². The Morgan fingerprint density at radius 1 is 1.58 bits per heavy atom. The Hall–Kier alpha value is -0.990. The fraction of sp³-hybridized carbons (Fsp3) is 0.667. The van der Waals surface area contributed by atoms with Crippen LogP contribution in [-0.2, 0) is 4.79 Å². The number of carbonyl (C=O) groups excluding carboxylic acids is 1. The van der Waals surface area contributed by atoms with Crippen LogP contribution in [0.3, 0.4) is 0 Å². The van der Waals surface area contributed by atoms with E-state index in [0.717, 1.165) is 0 Å².